The summed E-state index contributed by atoms with van der Waals surface area (Å²) in [5.41, 5.74) is 2.40. The zero-order valence-corrected chi connectivity index (χ0v) is 15.8. The molecule has 27 heavy (non-hydrogen) atoms. The Hall–Kier alpha value is -3.41. The highest BCUT2D eigenvalue weighted by Gasteiger charge is 2.26. The monoisotopic (exact) mass is 370 g/mol. The van der Waals surface area contributed by atoms with Crippen molar-refractivity contribution >= 4 is 17.6 Å². The van der Waals surface area contributed by atoms with Gasteiger partial charge in [-0.15, -0.1) is 0 Å². The topological polar surface area (TPSA) is 74.2 Å². The molecule has 1 N–H and O–H groups in total. The third-order valence-corrected chi connectivity index (χ3v) is 4.13. The molecule has 6 heteroatoms. The van der Waals surface area contributed by atoms with Crippen LogP contribution in [0.25, 0.3) is 22.8 Å². The third kappa shape index (κ3) is 3.46. The van der Waals surface area contributed by atoms with Crippen molar-refractivity contribution in [3.63, 3.8) is 0 Å². The second-order valence-corrected chi connectivity index (χ2v) is 5.49. The number of phenols is 1. The lowest BCUT2D eigenvalue weighted by Gasteiger charge is -2.20. The Labute approximate surface area is 158 Å². The summed E-state index contributed by atoms with van der Waals surface area (Å²) in [6.45, 7) is 7.55. The molecule has 0 bridgehead atoms. The lowest BCUT2D eigenvalue weighted by atomic mass is 9.93. The average molecular weight is 370 g/mol. The third-order valence-electron chi connectivity index (χ3n) is 4.13. The van der Waals surface area contributed by atoms with Gasteiger partial charge in [0.2, 0.25) is 11.5 Å². The Kier molecular flexibility index (Phi) is 6.13. The number of hydrogen-bond donors (Lipinski definition) is 1. The normalized spacial score (nSPS) is 10.1. The van der Waals surface area contributed by atoms with E-state index in [9.17, 15) is 9.90 Å². The minimum atomic E-state index is -0.529. The number of rotatable bonds is 7. The van der Waals surface area contributed by atoms with Crippen molar-refractivity contribution in [1.29, 1.82) is 0 Å². The first-order chi connectivity index (χ1) is 12.9. The molecule has 0 spiro atoms. The largest absolute Gasteiger partial charge is 0.504 e. The van der Waals surface area contributed by atoms with Crippen LogP contribution in [-0.4, -0.2) is 39.5 Å². The van der Waals surface area contributed by atoms with Crippen molar-refractivity contribution in [2.24, 2.45) is 0 Å². The molecular weight excluding hydrogens is 348 g/mol. The summed E-state index contributed by atoms with van der Waals surface area (Å²) >= 11 is 0. The number of esters is 1. The van der Waals surface area contributed by atoms with E-state index in [4.69, 9.17) is 18.9 Å². The molecular formula is C21H22O6. The van der Waals surface area contributed by atoms with E-state index in [0.717, 1.165) is 0 Å². The number of carbonyl (C=O) groups is 1. The van der Waals surface area contributed by atoms with Crippen LogP contribution in [0.15, 0.2) is 37.4 Å². The highest BCUT2D eigenvalue weighted by molar-refractivity contribution is 6.15. The fourth-order valence-corrected chi connectivity index (χ4v) is 2.85. The van der Waals surface area contributed by atoms with Gasteiger partial charge in [-0.1, -0.05) is 37.4 Å². The molecule has 0 fully saturated rings. The fourth-order valence-electron chi connectivity index (χ4n) is 2.85. The summed E-state index contributed by atoms with van der Waals surface area (Å²) < 4.78 is 21.0. The van der Waals surface area contributed by atoms with E-state index in [1.807, 2.05) is 6.07 Å². The second kappa shape index (κ2) is 8.31. The summed E-state index contributed by atoms with van der Waals surface area (Å²) in [5, 5.41) is 10.6. The fraction of sp³-hybridized carbons (Fsp3) is 0.190. The number of aromatic hydroxyl groups is 1. The summed E-state index contributed by atoms with van der Waals surface area (Å²) in [5.74, 6) is 0.0943. The van der Waals surface area contributed by atoms with Crippen molar-refractivity contribution < 1.29 is 28.8 Å². The highest BCUT2D eigenvalue weighted by Crippen LogP contribution is 2.53. The van der Waals surface area contributed by atoms with E-state index in [1.54, 1.807) is 18.2 Å². The maximum atomic E-state index is 11.8. The Balaban J connectivity index is 2.82. The molecule has 0 saturated carbocycles. The van der Waals surface area contributed by atoms with Crippen LogP contribution in [-0.2, 0) is 9.53 Å². The molecule has 6 nitrogen and oxygen atoms in total. The van der Waals surface area contributed by atoms with Crippen LogP contribution in [0, 0.1) is 0 Å². The van der Waals surface area contributed by atoms with Crippen molar-refractivity contribution in [1.82, 2.24) is 0 Å². The number of benzene rings is 2. The molecule has 0 heterocycles. The lowest BCUT2D eigenvalue weighted by molar-refractivity contribution is -0.133. The molecule has 0 saturated heterocycles. The van der Waals surface area contributed by atoms with Crippen LogP contribution in [0.1, 0.15) is 11.1 Å². The number of ether oxygens (including phenoxy) is 4. The Bertz CT molecular complexity index is 898. The predicted octanol–water partition coefficient (Wildman–Crippen LogP) is 3.91. The lowest BCUT2D eigenvalue weighted by Crippen LogP contribution is -2.03. The van der Waals surface area contributed by atoms with E-state index in [-0.39, 0.29) is 22.8 Å². The van der Waals surface area contributed by atoms with Gasteiger partial charge in [0, 0.05) is 11.1 Å². The molecule has 0 unspecified atom stereocenters. The van der Waals surface area contributed by atoms with Gasteiger partial charge in [0.05, 0.1) is 34.0 Å². The SMILES string of the molecule is C=Cc1c(O)c(OC)c(OC)c(OC)c1-c1cccc(C(=C)C(=O)OC)c1. The number of methoxy groups -OCH3 is 4. The quantitative estimate of drug-likeness (QED) is 0.588. The van der Waals surface area contributed by atoms with Crippen LogP contribution < -0.4 is 14.2 Å². The maximum Gasteiger partial charge on any atom is 0.337 e. The Morgan fingerprint density at radius 3 is 2.19 bits per heavy atom. The Morgan fingerprint density at radius 2 is 1.67 bits per heavy atom. The molecule has 0 radical (unpaired) electrons. The van der Waals surface area contributed by atoms with Crippen LogP contribution in [0.3, 0.4) is 0 Å². The molecule has 0 atom stereocenters. The van der Waals surface area contributed by atoms with Crippen molar-refractivity contribution in [3.8, 4) is 34.1 Å². The zero-order chi connectivity index (χ0) is 20.1. The van der Waals surface area contributed by atoms with Crippen LogP contribution in [0.5, 0.6) is 23.0 Å². The smallest absolute Gasteiger partial charge is 0.337 e. The van der Waals surface area contributed by atoms with Crippen molar-refractivity contribution in [2.45, 2.75) is 0 Å². The maximum absolute atomic E-state index is 11.8. The number of carbonyl (C=O) groups excluding carboxylic acids is 1. The van der Waals surface area contributed by atoms with E-state index >= 15 is 0 Å². The van der Waals surface area contributed by atoms with Crippen molar-refractivity contribution in [3.05, 3.63) is 48.6 Å². The standard InChI is InChI=1S/C21H22O6/c1-7-15-16(18(24-3)20(26-5)19(25-4)17(15)22)14-10-8-9-13(11-14)12(2)21(23)27-6/h7-11,22H,1-2H2,3-6H3. The van der Waals surface area contributed by atoms with Crippen LogP contribution in [0.2, 0.25) is 0 Å². The van der Waals surface area contributed by atoms with Gasteiger partial charge in [0.25, 0.3) is 0 Å². The predicted molar refractivity (Wildman–Crippen MR) is 104 cm³/mol. The van der Waals surface area contributed by atoms with E-state index in [2.05, 4.69) is 13.2 Å². The zero-order valence-electron chi connectivity index (χ0n) is 15.8. The molecule has 0 amide bonds. The van der Waals surface area contributed by atoms with Crippen LogP contribution >= 0.6 is 0 Å². The number of hydrogen-bond acceptors (Lipinski definition) is 6. The summed E-state index contributed by atoms with van der Waals surface area (Å²) in [6, 6.07) is 7.06. The first-order valence-electron chi connectivity index (χ1n) is 8.00. The molecule has 2 aromatic rings. The molecule has 2 rings (SSSR count). The minimum absolute atomic E-state index is 0.127. The van der Waals surface area contributed by atoms with Gasteiger partial charge in [-0.25, -0.2) is 4.79 Å². The van der Waals surface area contributed by atoms with Gasteiger partial charge in [0.15, 0.2) is 11.5 Å². The first-order valence-corrected chi connectivity index (χ1v) is 8.00. The summed E-state index contributed by atoms with van der Waals surface area (Å²) in [7, 11) is 5.65. The highest BCUT2D eigenvalue weighted by atomic mass is 16.5. The summed E-state index contributed by atoms with van der Waals surface area (Å²) in [4.78, 5) is 11.8. The van der Waals surface area contributed by atoms with Crippen LogP contribution in [0.4, 0.5) is 0 Å². The first kappa shape index (κ1) is 19.9. The Morgan fingerprint density at radius 1 is 1.04 bits per heavy atom. The number of phenolic OH excluding ortho intramolecular Hbond substituents is 1. The van der Waals surface area contributed by atoms with Gasteiger partial charge in [-0.3, -0.25) is 0 Å². The molecule has 0 aliphatic heterocycles. The average Bonchev–Trinajstić information content (AvgIpc) is 2.71. The second-order valence-electron chi connectivity index (χ2n) is 5.49. The van der Waals surface area contributed by atoms with Gasteiger partial charge in [-0.05, 0) is 17.2 Å². The van der Waals surface area contributed by atoms with E-state index < -0.39 is 5.97 Å². The van der Waals surface area contributed by atoms with Gasteiger partial charge in [-0.2, -0.15) is 0 Å². The van der Waals surface area contributed by atoms with Gasteiger partial charge >= 0.3 is 5.97 Å². The molecule has 0 aliphatic carbocycles. The van der Waals surface area contributed by atoms with E-state index in [0.29, 0.717) is 28.0 Å². The van der Waals surface area contributed by atoms with E-state index in [1.165, 1.54) is 34.5 Å². The molecule has 2 aromatic carbocycles. The van der Waals surface area contributed by atoms with Gasteiger partial charge < -0.3 is 24.1 Å². The summed E-state index contributed by atoms with van der Waals surface area (Å²) in [6.07, 6.45) is 1.50. The molecule has 142 valence electrons. The molecule has 0 aliphatic rings. The molecule has 0 aromatic heterocycles. The minimum Gasteiger partial charge on any atom is -0.504 e. The van der Waals surface area contributed by atoms with Crippen molar-refractivity contribution in [2.75, 3.05) is 28.4 Å². The van der Waals surface area contributed by atoms with Gasteiger partial charge in [0.1, 0.15) is 0 Å².